The molecule has 5 rings (SSSR count). The highest BCUT2D eigenvalue weighted by Gasteiger charge is 2.38. The van der Waals surface area contributed by atoms with Crippen molar-refractivity contribution < 1.29 is 36.3 Å². The summed E-state index contributed by atoms with van der Waals surface area (Å²) in [4.78, 5) is 30.8. The average Bonchev–Trinajstić information content (AvgIpc) is 3.17. The van der Waals surface area contributed by atoms with Crippen molar-refractivity contribution in [3.63, 3.8) is 0 Å². The second-order valence-corrected chi connectivity index (χ2v) is 13.9. The maximum absolute atomic E-state index is 15.4. The summed E-state index contributed by atoms with van der Waals surface area (Å²) >= 11 is 5.96. The Labute approximate surface area is 277 Å². The fourth-order valence-corrected chi connectivity index (χ4v) is 8.12. The molecule has 11 nitrogen and oxygen atoms in total. The summed E-state index contributed by atoms with van der Waals surface area (Å²) in [5.74, 6) is -2.81. The molecule has 2 aromatic carbocycles. The Morgan fingerprint density at radius 3 is 2.66 bits per heavy atom. The lowest BCUT2D eigenvalue weighted by Crippen LogP contribution is -2.57. The van der Waals surface area contributed by atoms with E-state index in [1.165, 1.54) is 47.9 Å². The number of carbonyl (C=O) groups is 2. The number of rotatable bonds is 10. The van der Waals surface area contributed by atoms with Crippen LogP contribution in [-0.2, 0) is 26.0 Å². The molecular formula is C32H36ClF2N5O6S. The van der Waals surface area contributed by atoms with Gasteiger partial charge in [-0.05, 0) is 67.1 Å². The summed E-state index contributed by atoms with van der Waals surface area (Å²) in [6.07, 6.45) is 2.26. The molecule has 0 aliphatic carbocycles. The zero-order valence-electron chi connectivity index (χ0n) is 25.8. The summed E-state index contributed by atoms with van der Waals surface area (Å²) in [7, 11) is -0.908. The van der Waals surface area contributed by atoms with Crippen LogP contribution in [0.5, 0.6) is 5.88 Å². The number of ether oxygens (including phenoxy) is 2. The molecule has 2 fully saturated rings. The summed E-state index contributed by atoms with van der Waals surface area (Å²) in [6, 6.07) is 9.65. The molecule has 15 heteroatoms. The third-order valence-corrected chi connectivity index (χ3v) is 10.8. The molecule has 2 amide bonds. The number of hydrogen-bond donors (Lipinski definition) is 3. The zero-order valence-corrected chi connectivity index (χ0v) is 27.4. The van der Waals surface area contributed by atoms with Crippen LogP contribution < -0.4 is 20.7 Å². The van der Waals surface area contributed by atoms with Crippen molar-refractivity contribution in [2.45, 2.75) is 49.7 Å². The minimum Gasteiger partial charge on any atom is -0.481 e. The van der Waals surface area contributed by atoms with Gasteiger partial charge in [0.1, 0.15) is 17.7 Å². The van der Waals surface area contributed by atoms with E-state index in [9.17, 15) is 22.4 Å². The Morgan fingerprint density at radius 1 is 1.13 bits per heavy atom. The molecule has 3 N–H and O–H groups in total. The number of hydrogen-bond acceptors (Lipinski definition) is 8. The summed E-state index contributed by atoms with van der Waals surface area (Å²) in [6.45, 7) is 0.793. The van der Waals surface area contributed by atoms with Crippen LogP contribution in [0.15, 0.2) is 54.7 Å². The normalized spacial score (nSPS) is 21.5. The van der Waals surface area contributed by atoms with Gasteiger partial charge in [0.2, 0.25) is 21.8 Å². The maximum atomic E-state index is 15.4. The SMILES string of the molecule is COC(=O)N[C@H](C(=O)Nc1cccc(F)c1CCC1CNC2CCCS(=O)(=O)N1C2)[C@H](c1ccnc(OC)c1)c1ccc(Cl)c(F)c1. The number of alkyl carbamates (subject to hydrolysis) is 1. The fraction of sp³-hybridized carbons (Fsp3) is 0.406. The quantitative estimate of drug-likeness (QED) is 0.288. The minimum atomic E-state index is -3.45. The summed E-state index contributed by atoms with van der Waals surface area (Å²) in [5, 5.41) is 8.56. The number of halogens is 3. The van der Waals surface area contributed by atoms with E-state index in [4.69, 9.17) is 21.1 Å². The van der Waals surface area contributed by atoms with Gasteiger partial charge in [-0.2, -0.15) is 4.31 Å². The summed E-state index contributed by atoms with van der Waals surface area (Å²) in [5.41, 5.74) is 1.04. The van der Waals surface area contributed by atoms with Crippen molar-refractivity contribution >= 4 is 39.3 Å². The number of fused-ring (bicyclic) bond motifs is 2. The number of nitrogens with one attached hydrogen (secondary N) is 3. The Morgan fingerprint density at radius 2 is 1.91 bits per heavy atom. The van der Waals surface area contributed by atoms with E-state index in [0.29, 0.717) is 31.5 Å². The predicted molar refractivity (Wildman–Crippen MR) is 172 cm³/mol. The highest BCUT2D eigenvalue weighted by Crippen LogP contribution is 2.33. The third-order valence-electron chi connectivity index (χ3n) is 8.57. The van der Waals surface area contributed by atoms with E-state index in [-0.39, 0.29) is 45.9 Å². The van der Waals surface area contributed by atoms with Crippen LogP contribution in [0.1, 0.15) is 41.9 Å². The molecule has 2 saturated heterocycles. The number of anilines is 1. The van der Waals surface area contributed by atoms with Gasteiger partial charge in [0.05, 0.1) is 25.0 Å². The standard InChI is InChI=1S/C32H36ClF2N5O6S/c1-45-28-16-20(12-13-36-28)29(19-8-11-24(33)26(35)15-19)30(39-32(42)46-2)31(41)38-27-7-3-6-25(34)23(27)10-9-22-17-37-21-5-4-14-47(43,44)40(22)18-21/h3,6-8,11-13,15-16,21-22,29-30,37H,4-5,9-10,14,17-18H2,1-2H3,(H,38,41)(H,39,42)/t21?,22?,29-,30-/m0/s1. The Balaban J connectivity index is 1.47. The minimum absolute atomic E-state index is 0.0688. The van der Waals surface area contributed by atoms with E-state index < -0.39 is 51.7 Å². The molecular weight excluding hydrogens is 656 g/mol. The number of aromatic nitrogens is 1. The lowest BCUT2D eigenvalue weighted by molar-refractivity contribution is -0.118. The van der Waals surface area contributed by atoms with Gasteiger partial charge in [-0.15, -0.1) is 0 Å². The first kappa shape index (κ1) is 34.5. The van der Waals surface area contributed by atoms with Crippen LogP contribution in [0.2, 0.25) is 5.02 Å². The van der Waals surface area contributed by atoms with Crippen molar-refractivity contribution in [2.24, 2.45) is 0 Å². The molecule has 0 radical (unpaired) electrons. The predicted octanol–water partition coefficient (Wildman–Crippen LogP) is 4.22. The molecule has 0 spiro atoms. The number of piperazine rings is 1. The van der Waals surface area contributed by atoms with Gasteiger partial charge in [-0.25, -0.2) is 27.0 Å². The smallest absolute Gasteiger partial charge is 0.407 e. The van der Waals surface area contributed by atoms with Crippen LogP contribution in [-0.4, -0.2) is 80.9 Å². The third kappa shape index (κ3) is 8.00. The molecule has 2 aliphatic heterocycles. The van der Waals surface area contributed by atoms with Crippen molar-refractivity contribution in [1.29, 1.82) is 0 Å². The molecule has 252 valence electrons. The van der Waals surface area contributed by atoms with Crippen molar-refractivity contribution in [2.75, 3.05) is 38.4 Å². The first-order chi connectivity index (χ1) is 22.5. The lowest BCUT2D eigenvalue weighted by atomic mass is 9.84. The zero-order chi connectivity index (χ0) is 33.7. The molecule has 5 atom stereocenters. The number of benzene rings is 2. The molecule has 2 aliphatic rings. The Bertz CT molecular complexity index is 1730. The molecule has 47 heavy (non-hydrogen) atoms. The Hall–Kier alpha value is -3.85. The van der Waals surface area contributed by atoms with Gasteiger partial charge in [0.15, 0.2) is 0 Å². The van der Waals surface area contributed by atoms with Gasteiger partial charge >= 0.3 is 6.09 Å². The van der Waals surface area contributed by atoms with Gasteiger partial charge in [0, 0.05) is 54.6 Å². The molecule has 2 bridgehead atoms. The van der Waals surface area contributed by atoms with Crippen LogP contribution in [0.4, 0.5) is 19.3 Å². The molecule has 3 heterocycles. The van der Waals surface area contributed by atoms with E-state index in [1.807, 2.05) is 0 Å². The number of sulfonamides is 1. The molecule has 1 aromatic heterocycles. The molecule has 3 unspecified atom stereocenters. The van der Waals surface area contributed by atoms with Gasteiger partial charge in [0.25, 0.3) is 0 Å². The maximum Gasteiger partial charge on any atom is 0.407 e. The second kappa shape index (κ2) is 14.9. The number of methoxy groups -OCH3 is 2. The van der Waals surface area contributed by atoms with Crippen LogP contribution in [0, 0.1) is 11.6 Å². The largest absolute Gasteiger partial charge is 0.481 e. The molecule has 0 saturated carbocycles. The van der Waals surface area contributed by atoms with E-state index in [2.05, 4.69) is 20.9 Å². The van der Waals surface area contributed by atoms with Crippen molar-refractivity contribution in [3.05, 3.63) is 88.1 Å². The fourth-order valence-electron chi connectivity index (χ4n) is 6.20. The van der Waals surface area contributed by atoms with Gasteiger partial charge in [-0.3, -0.25) is 4.79 Å². The number of nitrogens with zero attached hydrogens (tertiary/aromatic N) is 2. The van der Waals surface area contributed by atoms with Crippen molar-refractivity contribution in [1.82, 2.24) is 19.9 Å². The first-order valence-electron chi connectivity index (χ1n) is 15.1. The van der Waals surface area contributed by atoms with Gasteiger partial charge in [-0.1, -0.05) is 23.7 Å². The lowest BCUT2D eigenvalue weighted by Gasteiger charge is -2.37. The monoisotopic (exact) mass is 691 g/mol. The van der Waals surface area contributed by atoms with E-state index in [1.54, 1.807) is 12.1 Å². The highest BCUT2D eigenvalue weighted by atomic mass is 35.5. The number of carbonyl (C=O) groups excluding carboxylic acids is 2. The average molecular weight is 692 g/mol. The molecule has 3 aromatic rings. The van der Waals surface area contributed by atoms with E-state index >= 15 is 4.39 Å². The summed E-state index contributed by atoms with van der Waals surface area (Å²) < 4.78 is 67.7. The van der Waals surface area contributed by atoms with E-state index in [0.717, 1.165) is 19.6 Å². The van der Waals surface area contributed by atoms with Crippen LogP contribution in [0.25, 0.3) is 0 Å². The highest BCUT2D eigenvalue weighted by molar-refractivity contribution is 7.89. The topological polar surface area (TPSA) is 139 Å². The second-order valence-electron chi connectivity index (χ2n) is 11.5. The first-order valence-corrected chi connectivity index (χ1v) is 17.1. The van der Waals surface area contributed by atoms with Crippen LogP contribution in [0.3, 0.4) is 0 Å². The van der Waals surface area contributed by atoms with Crippen molar-refractivity contribution in [3.8, 4) is 5.88 Å². The number of amides is 2. The van der Waals surface area contributed by atoms with Crippen LogP contribution >= 0.6 is 11.6 Å². The Kier molecular flexibility index (Phi) is 11.0. The number of pyridine rings is 1. The van der Waals surface area contributed by atoms with Gasteiger partial charge < -0.3 is 25.4 Å².